The van der Waals surface area contributed by atoms with Crippen molar-refractivity contribution < 1.29 is 0 Å². The van der Waals surface area contributed by atoms with Gasteiger partial charge in [0.25, 0.3) is 0 Å². The van der Waals surface area contributed by atoms with Crippen molar-refractivity contribution >= 4 is 17.2 Å². The van der Waals surface area contributed by atoms with Gasteiger partial charge in [0.05, 0.1) is 23.3 Å². The number of nitriles is 1. The van der Waals surface area contributed by atoms with Crippen LogP contribution in [0.3, 0.4) is 0 Å². The average Bonchev–Trinajstić information content (AvgIpc) is 3.34. The summed E-state index contributed by atoms with van der Waals surface area (Å²) in [6.45, 7) is 4.47. The third kappa shape index (κ3) is 3.33. The van der Waals surface area contributed by atoms with E-state index in [0.717, 1.165) is 55.5 Å². The minimum Gasteiger partial charge on any atom is -0.355 e. The van der Waals surface area contributed by atoms with E-state index in [2.05, 4.69) is 35.9 Å². The normalized spacial score (nSPS) is 17.2. The Morgan fingerprint density at radius 3 is 3.08 bits per heavy atom. The zero-order valence-electron chi connectivity index (χ0n) is 14.7. The summed E-state index contributed by atoms with van der Waals surface area (Å²) < 4.78 is 2.19. The first-order valence-electron chi connectivity index (χ1n) is 8.75. The van der Waals surface area contributed by atoms with E-state index in [1.807, 2.05) is 37.0 Å². The molecule has 1 atom stereocenters. The number of imidazole rings is 1. The Kier molecular flexibility index (Phi) is 4.67. The highest BCUT2D eigenvalue weighted by Crippen LogP contribution is 2.30. The standard InChI is InChI=1S/C19H20N6S/c1-14-4-5-15(9-20)19(23-14)24-7-2-3-16(10-24)18-21-6-8-25(18)11-17-12-26-13-22-17/h4-6,8,12-13,16H,2-3,7,10-11H2,1H3/t16-/m0/s1. The SMILES string of the molecule is Cc1ccc(C#N)c(N2CCC[C@H](c3nccn3Cc3cscn3)C2)n1. The quantitative estimate of drug-likeness (QED) is 0.710. The molecular formula is C19H20N6S. The topological polar surface area (TPSA) is 70.6 Å². The van der Waals surface area contributed by atoms with E-state index < -0.39 is 0 Å². The molecule has 0 N–H and O–H groups in total. The molecule has 1 fully saturated rings. The van der Waals surface area contributed by atoms with Gasteiger partial charge in [-0.25, -0.2) is 15.0 Å². The number of hydrogen-bond acceptors (Lipinski definition) is 6. The Morgan fingerprint density at radius 1 is 1.35 bits per heavy atom. The van der Waals surface area contributed by atoms with E-state index in [9.17, 15) is 5.26 Å². The molecule has 0 amide bonds. The van der Waals surface area contributed by atoms with Crippen molar-refractivity contribution in [1.82, 2.24) is 19.5 Å². The maximum absolute atomic E-state index is 9.44. The monoisotopic (exact) mass is 364 g/mol. The lowest BCUT2D eigenvalue weighted by Crippen LogP contribution is -2.36. The van der Waals surface area contributed by atoms with Crippen LogP contribution in [0, 0.1) is 18.3 Å². The number of aryl methyl sites for hydroxylation is 1. The Bertz CT molecular complexity index is 924. The zero-order valence-corrected chi connectivity index (χ0v) is 15.5. The Balaban J connectivity index is 1.58. The van der Waals surface area contributed by atoms with Gasteiger partial charge in [0.1, 0.15) is 17.7 Å². The molecule has 4 rings (SSSR count). The van der Waals surface area contributed by atoms with Gasteiger partial charge in [0.2, 0.25) is 0 Å². The Hall–Kier alpha value is -2.72. The molecule has 0 radical (unpaired) electrons. The van der Waals surface area contributed by atoms with Gasteiger partial charge in [-0.15, -0.1) is 11.3 Å². The van der Waals surface area contributed by atoms with Crippen molar-refractivity contribution in [3.05, 3.63) is 58.2 Å². The molecular weight excluding hydrogens is 344 g/mol. The number of hydrogen-bond donors (Lipinski definition) is 0. The zero-order chi connectivity index (χ0) is 17.9. The van der Waals surface area contributed by atoms with E-state index in [1.165, 1.54) is 0 Å². The number of anilines is 1. The fourth-order valence-corrected chi connectivity index (χ4v) is 4.11. The third-order valence-corrected chi connectivity index (χ3v) is 5.42. The van der Waals surface area contributed by atoms with Gasteiger partial charge in [-0.3, -0.25) is 0 Å². The molecule has 1 aliphatic rings. The lowest BCUT2D eigenvalue weighted by Gasteiger charge is -2.34. The number of aromatic nitrogens is 4. The summed E-state index contributed by atoms with van der Waals surface area (Å²) in [6, 6.07) is 6.04. The summed E-state index contributed by atoms with van der Waals surface area (Å²) in [5.74, 6) is 2.22. The molecule has 6 nitrogen and oxygen atoms in total. The molecule has 0 aromatic carbocycles. The summed E-state index contributed by atoms with van der Waals surface area (Å²) in [5.41, 5.74) is 4.50. The largest absolute Gasteiger partial charge is 0.355 e. The van der Waals surface area contributed by atoms with Crippen LogP contribution in [0.1, 0.15) is 41.5 Å². The number of nitrogens with zero attached hydrogens (tertiary/aromatic N) is 6. The summed E-state index contributed by atoms with van der Waals surface area (Å²) in [4.78, 5) is 15.9. The van der Waals surface area contributed by atoms with Crippen LogP contribution in [0.25, 0.3) is 0 Å². The van der Waals surface area contributed by atoms with Gasteiger partial charge in [0.15, 0.2) is 0 Å². The van der Waals surface area contributed by atoms with Crippen LogP contribution in [0.4, 0.5) is 5.82 Å². The molecule has 7 heteroatoms. The van der Waals surface area contributed by atoms with E-state index in [4.69, 9.17) is 0 Å². The summed E-state index contributed by atoms with van der Waals surface area (Å²) in [7, 11) is 0. The molecule has 0 unspecified atom stereocenters. The van der Waals surface area contributed by atoms with Crippen LogP contribution in [-0.2, 0) is 6.54 Å². The fourth-order valence-electron chi connectivity index (χ4n) is 3.56. The van der Waals surface area contributed by atoms with E-state index >= 15 is 0 Å². The molecule has 3 aromatic heterocycles. The van der Waals surface area contributed by atoms with Crippen LogP contribution in [0.5, 0.6) is 0 Å². The summed E-state index contributed by atoms with van der Waals surface area (Å²) in [5, 5.41) is 11.5. The van der Waals surface area contributed by atoms with Crippen LogP contribution in [0.15, 0.2) is 35.4 Å². The Morgan fingerprint density at radius 2 is 2.27 bits per heavy atom. The van der Waals surface area contributed by atoms with E-state index in [0.29, 0.717) is 11.5 Å². The van der Waals surface area contributed by atoms with E-state index in [-0.39, 0.29) is 0 Å². The molecule has 4 heterocycles. The second-order valence-electron chi connectivity index (χ2n) is 6.61. The lowest BCUT2D eigenvalue weighted by molar-refractivity contribution is 0.473. The Labute approximate surface area is 156 Å². The van der Waals surface area contributed by atoms with Gasteiger partial charge in [-0.1, -0.05) is 0 Å². The maximum Gasteiger partial charge on any atom is 0.146 e. The number of piperidine rings is 1. The first-order valence-corrected chi connectivity index (χ1v) is 9.69. The van der Waals surface area contributed by atoms with Gasteiger partial charge < -0.3 is 9.47 Å². The molecule has 1 aliphatic heterocycles. The van der Waals surface area contributed by atoms with Crippen LogP contribution < -0.4 is 4.90 Å². The highest BCUT2D eigenvalue weighted by atomic mass is 32.1. The summed E-state index contributed by atoms with van der Waals surface area (Å²) in [6.07, 6.45) is 6.05. The van der Waals surface area contributed by atoms with Crippen molar-refractivity contribution in [2.24, 2.45) is 0 Å². The number of rotatable bonds is 4. The van der Waals surface area contributed by atoms with Crippen molar-refractivity contribution in [1.29, 1.82) is 5.26 Å². The van der Waals surface area contributed by atoms with Crippen molar-refractivity contribution in [3.8, 4) is 6.07 Å². The van der Waals surface area contributed by atoms with Crippen LogP contribution >= 0.6 is 11.3 Å². The van der Waals surface area contributed by atoms with E-state index in [1.54, 1.807) is 11.3 Å². The van der Waals surface area contributed by atoms with Gasteiger partial charge >= 0.3 is 0 Å². The summed E-state index contributed by atoms with van der Waals surface area (Å²) >= 11 is 1.61. The number of thiazole rings is 1. The second kappa shape index (κ2) is 7.26. The predicted molar refractivity (Wildman–Crippen MR) is 101 cm³/mol. The third-order valence-electron chi connectivity index (χ3n) is 4.78. The molecule has 0 aliphatic carbocycles. The molecule has 1 saturated heterocycles. The molecule has 0 spiro atoms. The van der Waals surface area contributed by atoms with Crippen LogP contribution in [-0.4, -0.2) is 32.6 Å². The van der Waals surface area contributed by atoms with Crippen molar-refractivity contribution in [2.45, 2.75) is 32.2 Å². The first kappa shape index (κ1) is 16.7. The molecule has 26 heavy (non-hydrogen) atoms. The first-order chi connectivity index (χ1) is 12.7. The average molecular weight is 364 g/mol. The van der Waals surface area contributed by atoms with Crippen molar-refractivity contribution in [2.75, 3.05) is 18.0 Å². The molecule has 3 aromatic rings. The fraction of sp³-hybridized carbons (Fsp3) is 0.368. The van der Waals surface area contributed by atoms with Gasteiger partial charge in [-0.05, 0) is 31.9 Å². The number of pyridine rings is 1. The molecule has 0 bridgehead atoms. The second-order valence-corrected chi connectivity index (χ2v) is 7.33. The minimum absolute atomic E-state index is 0.325. The highest BCUT2D eigenvalue weighted by Gasteiger charge is 2.27. The molecule has 132 valence electrons. The minimum atomic E-state index is 0.325. The van der Waals surface area contributed by atoms with Crippen molar-refractivity contribution in [3.63, 3.8) is 0 Å². The predicted octanol–water partition coefficient (Wildman–Crippen LogP) is 3.35. The van der Waals surface area contributed by atoms with Gasteiger partial charge in [-0.2, -0.15) is 5.26 Å². The maximum atomic E-state index is 9.44. The molecule has 0 saturated carbocycles. The highest BCUT2D eigenvalue weighted by molar-refractivity contribution is 7.07. The smallest absolute Gasteiger partial charge is 0.146 e. The lowest BCUT2D eigenvalue weighted by atomic mass is 9.96. The van der Waals surface area contributed by atoms with Gasteiger partial charge in [0, 0.05) is 42.5 Å². The van der Waals surface area contributed by atoms with Crippen LogP contribution in [0.2, 0.25) is 0 Å².